The van der Waals surface area contributed by atoms with Gasteiger partial charge < -0.3 is 5.11 Å². The summed E-state index contributed by atoms with van der Waals surface area (Å²) in [4.78, 5) is 10.8. The minimum atomic E-state index is -4.07. The predicted molar refractivity (Wildman–Crippen MR) is 83.9 cm³/mol. The van der Waals surface area contributed by atoms with Gasteiger partial charge in [-0.3, -0.25) is 4.79 Å². The van der Waals surface area contributed by atoms with E-state index in [1.807, 2.05) is 0 Å². The highest BCUT2D eigenvalue weighted by Gasteiger charge is 2.28. The summed E-state index contributed by atoms with van der Waals surface area (Å²) in [6, 6.07) is 3.30. The molecule has 0 aromatic heterocycles. The fraction of sp³-hybridized carbons (Fsp3) is 0.462. The van der Waals surface area contributed by atoms with Gasteiger partial charge in [0.05, 0.1) is 9.79 Å². The Labute approximate surface area is 136 Å². The quantitative estimate of drug-likeness (QED) is 0.719. The van der Waals surface area contributed by atoms with Crippen molar-refractivity contribution in [1.29, 1.82) is 0 Å². The molecule has 0 saturated heterocycles. The first kappa shape index (κ1) is 19.6. The summed E-state index contributed by atoms with van der Waals surface area (Å²) in [6.07, 6.45) is 0. The number of carboxylic acid groups (broad SMARTS) is 1. The lowest BCUT2D eigenvalue weighted by Crippen LogP contribution is -2.44. The summed E-state index contributed by atoms with van der Waals surface area (Å²) in [5.41, 5.74) is 0. The number of sulfonamides is 2. The first-order chi connectivity index (χ1) is 10.4. The van der Waals surface area contributed by atoms with Crippen molar-refractivity contribution in [2.45, 2.75) is 29.7 Å². The Bertz CT molecular complexity index is 767. The number of benzene rings is 1. The zero-order chi connectivity index (χ0) is 18.0. The maximum Gasteiger partial charge on any atom is 0.322 e. The van der Waals surface area contributed by atoms with Gasteiger partial charge in [0.25, 0.3) is 0 Å². The first-order valence-electron chi connectivity index (χ1n) is 6.67. The lowest BCUT2D eigenvalue weighted by atomic mass is 10.1. The summed E-state index contributed by atoms with van der Waals surface area (Å²) >= 11 is 0. The molecule has 10 heteroatoms. The molecule has 8 nitrogen and oxygen atoms in total. The maximum atomic E-state index is 12.2. The predicted octanol–water partition coefficient (Wildman–Crippen LogP) is 0.324. The van der Waals surface area contributed by atoms with Crippen LogP contribution in [0.4, 0.5) is 0 Å². The van der Waals surface area contributed by atoms with Crippen molar-refractivity contribution in [3.8, 4) is 0 Å². The Morgan fingerprint density at radius 1 is 1.04 bits per heavy atom. The third kappa shape index (κ3) is 4.50. The van der Waals surface area contributed by atoms with Crippen LogP contribution in [-0.4, -0.2) is 52.4 Å². The molecule has 0 amide bonds. The molecule has 0 unspecified atom stereocenters. The van der Waals surface area contributed by atoms with Gasteiger partial charge in [0.15, 0.2) is 0 Å². The molecule has 1 aromatic carbocycles. The second-order valence-electron chi connectivity index (χ2n) is 5.44. The van der Waals surface area contributed by atoms with E-state index < -0.39 is 38.0 Å². The first-order valence-corrected chi connectivity index (χ1v) is 9.59. The van der Waals surface area contributed by atoms with Gasteiger partial charge >= 0.3 is 5.97 Å². The average Bonchev–Trinajstić information content (AvgIpc) is 2.44. The number of hydrogen-bond donors (Lipinski definition) is 2. The molecule has 1 atom stereocenters. The Morgan fingerprint density at radius 3 is 1.83 bits per heavy atom. The molecule has 1 rings (SSSR count). The molecule has 0 radical (unpaired) electrons. The van der Waals surface area contributed by atoms with E-state index in [1.165, 1.54) is 14.1 Å². The van der Waals surface area contributed by atoms with Gasteiger partial charge in [0.2, 0.25) is 20.0 Å². The Balaban J connectivity index is 3.15. The molecule has 0 saturated carbocycles. The van der Waals surface area contributed by atoms with E-state index in [0.29, 0.717) is 0 Å². The fourth-order valence-electron chi connectivity index (χ4n) is 1.71. The molecule has 0 heterocycles. The van der Waals surface area contributed by atoms with Crippen molar-refractivity contribution < 1.29 is 26.7 Å². The lowest BCUT2D eigenvalue weighted by molar-refractivity contribution is -0.140. The standard InChI is InChI=1S/C13H20N2O6S2/c1-9(2)12(13(16)17)14-22(18,19)10-5-7-11(8-6-10)23(20,21)15(3)4/h5-9,12,14H,1-4H3,(H,16,17)/t12-/m0/s1. The number of hydrogen-bond acceptors (Lipinski definition) is 5. The number of carboxylic acids is 1. The van der Waals surface area contributed by atoms with Gasteiger partial charge in [-0.15, -0.1) is 0 Å². The van der Waals surface area contributed by atoms with E-state index in [-0.39, 0.29) is 9.79 Å². The van der Waals surface area contributed by atoms with Crippen LogP contribution in [0.2, 0.25) is 0 Å². The van der Waals surface area contributed by atoms with Crippen LogP contribution in [-0.2, 0) is 24.8 Å². The van der Waals surface area contributed by atoms with Crippen LogP contribution in [0.1, 0.15) is 13.8 Å². The summed E-state index contributed by atoms with van der Waals surface area (Å²) in [5.74, 6) is -1.73. The Kier molecular flexibility index (Phi) is 5.91. The van der Waals surface area contributed by atoms with Gasteiger partial charge in [-0.1, -0.05) is 13.8 Å². The average molecular weight is 364 g/mol. The van der Waals surface area contributed by atoms with Crippen LogP contribution in [0.25, 0.3) is 0 Å². The van der Waals surface area contributed by atoms with Crippen molar-refractivity contribution >= 4 is 26.0 Å². The highest BCUT2D eigenvalue weighted by molar-refractivity contribution is 7.89. The lowest BCUT2D eigenvalue weighted by Gasteiger charge is -2.18. The van der Waals surface area contributed by atoms with E-state index in [1.54, 1.807) is 13.8 Å². The molecular weight excluding hydrogens is 344 g/mol. The van der Waals surface area contributed by atoms with Crippen LogP contribution in [0.5, 0.6) is 0 Å². The summed E-state index contributed by atoms with van der Waals surface area (Å²) in [6.45, 7) is 3.15. The Hall–Kier alpha value is -1.49. The second-order valence-corrected chi connectivity index (χ2v) is 9.31. The molecule has 130 valence electrons. The van der Waals surface area contributed by atoms with Crippen LogP contribution >= 0.6 is 0 Å². The molecule has 0 aliphatic rings. The molecule has 23 heavy (non-hydrogen) atoms. The molecular formula is C13H20N2O6S2. The summed E-state index contributed by atoms with van der Waals surface area (Å²) < 4.78 is 51.4. The molecule has 1 aromatic rings. The van der Waals surface area contributed by atoms with Crippen LogP contribution in [0, 0.1) is 5.92 Å². The minimum absolute atomic E-state index is 0.0555. The van der Waals surface area contributed by atoms with E-state index in [9.17, 15) is 21.6 Å². The molecule has 0 aliphatic heterocycles. The number of rotatable bonds is 7. The van der Waals surface area contributed by atoms with Gasteiger partial charge in [0, 0.05) is 14.1 Å². The van der Waals surface area contributed by atoms with E-state index in [0.717, 1.165) is 28.6 Å². The molecule has 0 spiro atoms. The van der Waals surface area contributed by atoms with Crippen molar-refractivity contribution in [3.63, 3.8) is 0 Å². The van der Waals surface area contributed by atoms with Crippen LogP contribution in [0.15, 0.2) is 34.1 Å². The third-order valence-electron chi connectivity index (χ3n) is 3.13. The van der Waals surface area contributed by atoms with Gasteiger partial charge in [-0.2, -0.15) is 4.72 Å². The van der Waals surface area contributed by atoms with Crippen molar-refractivity contribution in [1.82, 2.24) is 9.03 Å². The maximum absolute atomic E-state index is 12.2. The second kappa shape index (κ2) is 6.95. The normalized spacial score (nSPS) is 14.2. The van der Waals surface area contributed by atoms with Crippen LogP contribution in [0.3, 0.4) is 0 Å². The third-order valence-corrected chi connectivity index (χ3v) is 6.41. The monoisotopic (exact) mass is 364 g/mol. The highest BCUT2D eigenvalue weighted by atomic mass is 32.2. The molecule has 0 bridgehead atoms. The van der Waals surface area contributed by atoms with Gasteiger partial charge in [-0.25, -0.2) is 21.1 Å². The minimum Gasteiger partial charge on any atom is -0.480 e. The number of nitrogens with zero attached hydrogens (tertiary/aromatic N) is 1. The van der Waals surface area contributed by atoms with Gasteiger partial charge in [-0.05, 0) is 30.2 Å². The van der Waals surface area contributed by atoms with Crippen LogP contribution < -0.4 is 4.72 Å². The van der Waals surface area contributed by atoms with Crippen molar-refractivity contribution in [2.24, 2.45) is 5.92 Å². The Morgan fingerprint density at radius 2 is 1.48 bits per heavy atom. The van der Waals surface area contributed by atoms with Crippen molar-refractivity contribution in [3.05, 3.63) is 24.3 Å². The molecule has 2 N–H and O–H groups in total. The van der Waals surface area contributed by atoms with Crippen molar-refractivity contribution in [2.75, 3.05) is 14.1 Å². The van der Waals surface area contributed by atoms with Gasteiger partial charge in [0.1, 0.15) is 6.04 Å². The van der Waals surface area contributed by atoms with E-state index >= 15 is 0 Å². The highest BCUT2D eigenvalue weighted by Crippen LogP contribution is 2.17. The topological polar surface area (TPSA) is 121 Å². The summed E-state index contributed by atoms with van der Waals surface area (Å²) in [7, 11) is -5.01. The zero-order valence-electron chi connectivity index (χ0n) is 13.2. The fourth-order valence-corrected chi connectivity index (χ4v) is 3.95. The number of aliphatic carboxylic acids is 1. The summed E-state index contributed by atoms with van der Waals surface area (Å²) in [5, 5.41) is 9.05. The number of nitrogens with one attached hydrogen (secondary N) is 1. The zero-order valence-corrected chi connectivity index (χ0v) is 14.8. The SMILES string of the molecule is CC(C)[C@H](NS(=O)(=O)c1ccc(S(=O)(=O)N(C)C)cc1)C(=O)O. The largest absolute Gasteiger partial charge is 0.480 e. The van der Waals surface area contributed by atoms with E-state index in [2.05, 4.69) is 4.72 Å². The molecule has 0 fully saturated rings. The molecule has 0 aliphatic carbocycles. The smallest absolute Gasteiger partial charge is 0.322 e. The van der Waals surface area contributed by atoms with E-state index in [4.69, 9.17) is 5.11 Å². The number of carbonyl (C=O) groups is 1.